The maximum Gasteiger partial charge on any atom is 0.214 e. The smallest absolute Gasteiger partial charge is 0.214 e. The van der Waals surface area contributed by atoms with Crippen molar-refractivity contribution in [2.24, 2.45) is 0 Å². The molecule has 1 aromatic rings. The summed E-state index contributed by atoms with van der Waals surface area (Å²) < 4.78 is 32.2. The van der Waals surface area contributed by atoms with Gasteiger partial charge in [-0.3, -0.25) is 0 Å². The summed E-state index contributed by atoms with van der Waals surface area (Å²) in [4.78, 5) is 0. The van der Waals surface area contributed by atoms with Gasteiger partial charge in [-0.05, 0) is 25.8 Å². The molecular formula is C13H19NO3S. The predicted octanol–water partition coefficient (Wildman–Crippen LogP) is 1.84. The van der Waals surface area contributed by atoms with Gasteiger partial charge in [0, 0.05) is 6.61 Å². The summed E-state index contributed by atoms with van der Waals surface area (Å²) in [5.41, 5.74) is 1.02. The Kier molecular flexibility index (Phi) is 4.04. The van der Waals surface area contributed by atoms with Crippen molar-refractivity contribution in [3.63, 3.8) is 0 Å². The first kappa shape index (κ1) is 13.5. The van der Waals surface area contributed by atoms with Gasteiger partial charge < -0.3 is 4.74 Å². The molecule has 0 aromatic heterocycles. The first-order valence-corrected chi connectivity index (χ1v) is 7.73. The molecule has 0 bridgehead atoms. The van der Waals surface area contributed by atoms with Gasteiger partial charge in [-0.1, -0.05) is 30.3 Å². The molecule has 1 aliphatic heterocycles. The highest BCUT2D eigenvalue weighted by Crippen LogP contribution is 2.29. The average Bonchev–Trinajstić information content (AvgIpc) is 2.77. The van der Waals surface area contributed by atoms with Crippen molar-refractivity contribution in [3.8, 4) is 0 Å². The van der Waals surface area contributed by atoms with E-state index in [-0.39, 0.29) is 12.1 Å². The lowest BCUT2D eigenvalue weighted by Gasteiger charge is -2.21. The Hall–Kier alpha value is -0.910. The summed E-state index contributed by atoms with van der Waals surface area (Å²) in [6, 6.07) is 9.57. The zero-order valence-electron chi connectivity index (χ0n) is 10.7. The Bertz CT molecular complexity index is 484. The van der Waals surface area contributed by atoms with Crippen LogP contribution in [0.5, 0.6) is 0 Å². The third kappa shape index (κ3) is 2.91. The van der Waals surface area contributed by atoms with Crippen molar-refractivity contribution in [1.82, 2.24) is 4.72 Å². The van der Waals surface area contributed by atoms with Crippen LogP contribution in [0.15, 0.2) is 30.3 Å². The van der Waals surface area contributed by atoms with Crippen LogP contribution >= 0.6 is 0 Å². The largest absolute Gasteiger partial charge is 0.372 e. The molecule has 1 heterocycles. The van der Waals surface area contributed by atoms with E-state index >= 15 is 0 Å². The molecule has 100 valence electrons. The Morgan fingerprint density at radius 3 is 2.56 bits per heavy atom. The van der Waals surface area contributed by atoms with Crippen molar-refractivity contribution in [3.05, 3.63) is 35.9 Å². The molecule has 2 atom stereocenters. The first-order valence-electron chi connectivity index (χ1n) is 6.18. The Morgan fingerprint density at radius 1 is 1.28 bits per heavy atom. The van der Waals surface area contributed by atoms with Gasteiger partial charge in [-0.25, -0.2) is 13.1 Å². The first-order chi connectivity index (χ1) is 8.50. The van der Waals surface area contributed by atoms with Gasteiger partial charge in [-0.15, -0.1) is 0 Å². The predicted molar refractivity (Wildman–Crippen MR) is 70.7 cm³/mol. The molecule has 1 aromatic carbocycles. The van der Waals surface area contributed by atoms with Crippen LogP contribution in [0.4, 0.5) is 0 Å². The van der Waals surface area contributed by atoms with Crippen LogP contribution in [0.2, 0.25) is 0 Å². The SMILES string of the molecule is CC(C)S(=O)(=O)N[C@@H]1CCO[C@@H]1c1ccccc1. The summed E-state index contributed by atoms with van der Waals surface area (Å²) in [6.45, 7) is 3.94. The van der Waals surface area contributed by atoms with Gasteiger partial charge in [0.25, 0.3) is 0 Å². The van der Waals surface area contributed by atoms with E-state index in [0.29, 0.717) is 13.0 Å². The molecule has 0 spiro atoms. The summed E-state index contributed by atoms with van der Waals surface area (Å²) >= 11 is 0. The van der Waals surface area contributed by atoms with Crippen LogP contribution in [0, 0.1) is 0 Å². The topological polar surface area (TPSA) is 55.4 Å². The zero-order chi connectivity index (χ0) is 13.2. The fraction of sp³-hybridized carbons (Fsp3) is 0.538. The minimum absolute atomic E-state index is 0.167. The molecule has 1 N–H and O–H groups in total. The van der Waals surface area contributed by atoms with Crippen LogP contribution in [0.1, 0.15) is 31.9 Å². The molecule has 1 aliphatic rings. The number of benzene rings is 1. The Labute approximate surface area is 108 Å². The lowest BCUT2D eigenvalue weighted by molar-refractivity contribution is 0.102. The molecule has 0 unspecified atom stereocenters. The van der Waals surface area contributed by atoms with E-state index in [1.54, 1.807) is 13.8 Å². The lowest BCUT2D eigenvalue weighted by atomic mass is 10.0. The second-order valence-electron chi connectivity index (χ2n) is 4.81. The molecule has 0 radical (unpaired) electrons. The standard InChI is InChI=1S/C13H19NO3S/c1-10(2)18(15,16)14-12-8-9-17-13(12)11-6-4-3-5-7-11/h3-7,10,12-14H,8-9H2,1-2H3/t12-,13-/m1/s1. The Morgan fingerprint density at radius 2 is 1.94 bits per heavy atom. The molecule has 4 nitrogen and oxygen atoms in total. The van der Waals surface area contributed by atoms with Gasteiger partial charge in [0.05, 0.1) is 17.4 Å². The highest BCUT2D eigenvalue weighted by atomic mass is 32.2. The van der Waals surface area contributed by atoms with Gasteiger partial charge >= 0.3 is 0 Å². The molecule has 2 rings (SSSR count). The monoisotopic (exact) mass is 269 g/mol. The van der Waals surface area contributed by atoms with Crippen molar-refractivity contribution in [1.29, 1.82) is 0 Å². The number of sulfonamides is 1. The lowest BCUT2D eigenvalue weighted by Crippen LogP contribution is -2.40. The number of nitrogens with one attached hydrogen (secondary N) is 1. The highest BCUT2D eigenvalue weighted by Gasteiger charge is 2.33. The number of hydrogen-bond acceptors (Lipinski definition) is 3. The number of ether oxygens (including phenoxy) is 1. The summed E-state index contributed by atoms with van der Waals surface area (Å²) in [5.74, 6) is 0. The van der Waals surface area contributed by atoms with Crippen LogP contribution in [-0.2, 0) is 14.8 Å². The summed E-state index contributed by atoms with van der Waals surface area (Å²) in [6.07, 6.45) is 0.533. The highest BCUT2D eigenvalue weighted by molar-refractivity contribution is 7.90. The minimum Gasteiger partial charge on any atom is -0.372 e. The van der Waals surface area contributed by atoms with Crippen molar-refractivity contribution >= 4 is 10.0 Å². The molecule has 5 heteroatoms. The van der Waals surface area contributed by atoms with E-state index in [4.69, 9.17) is 4.74 Å². The molecular weight excluding hydrogens is 250 g/mol. The van der Waals surface area contributed by atoms with E-state index < -0.39 is 15.3 Å². The normalized spacial score (nSPS) is 24.6. The minimum atomic E-state index is -3.25. The van der Waals surface area contributed by atoms with Crippen LogP contribution in [-0.4, -0.2) is 26.3 Å². The molecule has 0 aliphatic carbocycles. The molecule has 1 saturated heterocycles. The van der Waals surface area contributed by atoms with E-state index in [2.05, 4.69) is 4.72 Å². The summed E-state index contributed by atoms with van der Waals surface area (Å²) in [5, 5.41) is -0.422. The maximum atomic E-state index is 11.9. The van der Waals surface area contributed by atoms with Gasteiger partial charge in [0.1, 0.15) is 0 Å². The molecule has 0 saturated carbocycles. The quantitative estimate of drug-likeness (QED) is 0.907. The van der Waals surface area contributed by atoms with Gasteiger partial charge in [0.2, 0.25) is 10.0 Å². The van der Waals surface area contributed by atoms with E-state index in [0.717, 1.165) is 5.56 Å². The molecule has 1 fully saturated rings. The van der Waals surface area contributed by atoms with E-state index in [1.165, 1.54) is 0 Å². The fourth-order valence-electron chi connectivity index (χ4n) is 2.03. The zero-order valence-corrected chi connectivity index (χ0v) is 11.5. The van der Waals surface area contributed by atoms with Crippen molar-refractivity contribution in [2.45, 2.75) is 37.7 Å². The molecule has 18 heavy (non-hydrogen) atoms. The number of hydrogen-bond donors (Lipinski definition) is 1. The average molecular weight is 269 g/mol. The second kappa shape index (κ2) is 5.38. The third-order valence-electron chi connectivity index (χ3n) is 3.16. The van der Waals surface area contributed by atoms with Crippen molar-refractivity contribution in [2.75, 3.05) is 6.61 Å². The maximum absolute atomic E-state index is 11.9. The summed E-state index contributed by atoms with van der Waals surface area (Å²) in [7, 11) is -3.25. The fourth-order valence-corrected chi connectivity index (χ4v) is 2.96. The number of rotatable bonds is 4. The van der Waals surface area contributed by atoms with Crippen molar-refractivity contribution < 1.29 is 13.2 Å². The van der Waals surface area contributed by atoms with Gasteiger partial charge in [0.15, 0.2) is 0 Å². The van der Waals surface area contributed by atoms with Gasteiger partial charge in [-0.2, -0.15) is 0 Å². The van der Waals surface area contributed by atoms with Crippen LogP contribution in [0.3, 0.4) is 0 Å². The van der Waals surface area contributed by atoms with E-state index in [1.807, 2.05) is 30.3 Å². The van der Waals surface area contributed by atoms with E-state index in [9.17, 15) is 8.42 Å². The Balaban J connectivity index is 2.14. The van der Waals surface area contributed by atoms with Crippen LogP contribution in [0.25, 0.3) is 0 Å². The second-order valence-corrected chi connectivity index (χ2v) is 7.08. The van der Waals surface area contributed by atoms with Crippen LogP contribution < -0.4 is 4.72 Å². The third-order valence-corrected chi connectivity index (χ3v) is 5.03. The molecule has 0 amide bonds.